The Labute approximate surface area is 108 Å². The van der Waals surface area contributed by atoms with Crippen LogP contribution in [0.1, 0.15) is 15.9 Å². The second kappa shape index (κ2) is 5.10. The summed E-state index contributed by atoms with van der Waals surface area (Å²) in [6.45, 7) is 0. The number of pyridine rings is 1. The number of anilines is 1. The summed E-state index contributed by atoms with van der Waals surface area (Å²) in [4.78, 5) is 15.9. The van der Waals surface area contributed by atoms with Crippen molar-refractivity contribution in [2.75, 3.05) is 5.73 Å². The van der Waals surface area contributed by atoms with Crippen molar-refractivity contribution < 1.29 is 4.79 Å². The van der Waals surface area contributed by atoms with E-state index in [-0.39, 0.29) is 5.78 Å². The normalized spacial score (nSPS) is 10.2. The van der Waals surface area contributed by atoms with E-state index < -0.39 is 0 Å². The zero-order chi connectivity index (χ0) is 12.3. The van der Waals surface area contributed by atoms with Gasteiger partial charge >= 0.3 is 0 Å². The van der Waals surface area contributed by atoms with E-state index in [4.69, 9.17) is 5.73 Å². The summed E-state index contributed by atoms with van der Waals surface area (Å²) in [5.41, 5.74) is 7.13. The topological polar surface area (TPSA) is 56.0 Å². The minimum atomic E-state index is 0.0584. The lowest BCUT2D eigenvalue weighted by Gasteiger charge is -2.04. The highest BCUT2D eigenvalue weighted by molar-refractivity contribution is 9.10. The molecular weight excluding hydrogens is 280 g/mol. The molecule has 2 N–H and O–H groups in total. The molecule has 1 heterocycles. The maximum Gasteiger partial charge on any atom is 0.168 e. The molecule has 0 saturated carbocycles. The largest absolute Gasteiger partial charge is 0.384 e. The molecule has 0 unspecified atom stereocenters. The first-order chi connectivity index (χ1) is 8.16. The van der Waals surface area contributed by atoms with Gasteiger partial charge in [0.2, 0.25) is 0 Å². The van der Waals surface area contributed by atoms with Crippen LogP contribution in [0.25, 0.3) is 0 Å². The van der Waals surface area contributed by atoms with Crippen molar-refractivity contribution in [3.63, 3.8) is 0 Å². The molecule has 2 rings (SSSR count). The Balaban J connectivity index is 2.20. The molecule has 0 radical (unpaired) electrons. The summed E-state index contributed by atoms with van der Waals surface area (Å²) in [5, 5.41) is 0. The van der Waals surface area contributed by atoms with Gasteiger partial charge in [-0.25, -0.2) is 4.98 Å². The van der Waals surface area contributed by atoms with Crippen LogP contribution in [0.3, 0.4) is 0 Å². The van der Waals surface area contributed by atoms with Crippen molar-refractivity contribution in [1.29, 1.82) is 0 Å². The number of carbonyl (C=O) groups excluding carboxylic acids is 1. The van der Waals surface area contributed by atoms with Crippen LogP contribution in [-0.2, 0) is 6.42 Å². The van der Waals surface area contributed by atoms with Crippen LogP contribution in [-0.4, -0.2) is 10.8 Å². The van der Waals surface area contributed by atoms with Crippen LogP contribution in [0.4, 0.5) is 5.82 Å². The molecule has 0 aliphatic rings. The highest BCUT2D eigenvalue weighted by atomic mass is 79.9. The minimum Gasteiger partial charge on any atom is -0.384 e. The molecule has 0 bridgehead atoms. The average molecular weight is 291 g/mol. The van der Waals surface area contributed by atoms with E-state index in [1.807, 2.05) is 18.2 Å². The fourth-order valence-corrected chi connectivity index (χ4v) is 2.08. The first-order valence-electron chi connectivity index (χ1n) is 5.15. The second-order valence-electron chi connectivity index (χ2n) is 3.67. The van der Waals surface area contributed by atoms with Gasteiger partial charge in [-0.3, -0.25) is 4.79 Å². The Morgan fingerprint density at radius 3 is 2.76 bits per heavy atom. The summed E-state index contributed by atoms with van der Waals surface area (Å²) in [5.74, 6) is 0.491. The van der Waals surface area contributed by atoms with Crippen molar-refractivity contribution in [2.24, 2.45) is 0 Å². The van der Waals surface area contributed by atoms with Gasteiger partial charge in [0.05, 0.1) is 0 Å². The first-order valence-corrected chi connectivity index (χ1v) is 5.94. The minimum absolute atomic E-state index is 0.0584. The molecule has 86 valence electrons. The Morgan fingerprint density at radius 2 is 2.06 bits per heavy atom. The van der Waals surface area contributed by atoms with E-state index in [1.165, 1.54) is 0 Å². The molecule has 0 atom stereocenters. The number of nitrogen functional groups attached to an aromatic ring is 1. The number of carbonyl (C=O) groups is 1. The molecule has 4 heteroatoms. The first kappa shape index (κ1) is 11.8. The molecule has 0 amide bonds. The predicted octanol–water partition coefficient (Wildman–Crippen LogP) is 2.85. The van der Waals surface area contributed by atoms with E-state index in [0.29, 0.717) is 17.8 Å². The maximum absolute atomic E-state index is 12.1. The second-order valence-corrected chi connectivity index (χ2v) is 4.52. The number of nitrogens with zero attached hydrogens (tertiary/aromatic N) is 1. The van der Waals surface area contributed by atoms with Crippen LogP contribution in [0.15, 0.2) is 47.1 Å². The van der Waals surface area contributed by atoms with Gasteiger partial charge in [0.15, 0.2) is 5.78 Å². The summed E-state index contributed by atoms with van der Waals surface area (Å²) in [6, 6.07) is 10.9. The molecule has 0 spiro atoms. The summed E-state index contributed by atoms with van der Waals surface area (Å²) < 4.78 is 0.812. The lowest BCUT2D eigenvalue weighted by Crippen LogP contribution is -2.05. The van der Waals surface area contributed by atoms with E-state index in [1.54, 1.807) is 24.4 Å². The van der Waals surface area contributed by atoms with Crippen molar-refractivity contribution in [3.8, 4) is 0 Å². The molecule has 0 fully saturated rings. The van der Waals surface area contributed by atoms with E-state index >= 15 is 0 Å². The molecule has 0 saturated heterocycles. The quantitative estimate of drug-likeness (QED) is 0.885. The highest BCUT2D eigenvalue weighted by Gasteiger charge is 2.10. The van der Waals surface area contributed by atoms with Gasteiger partial charge in [-0.1, -0.05) is 34.1 Å². The lowest BCUT2D eigenvalue weighted by molar-refractivity contribution is 0.0992. The maximum atomic E-state index is 12.1. The number of benzene rings is 1. The van der Waals surface area contributed by atoms with Crippen molar-refractivity contribution in [2.45, 2.75) is 6.42 Å². The smallest absolute Gasteiger partial charge is 0.168 e. The fraction of sp³-hybridized carbons (Fsp3) is 0.0769. The van der Waals surface area contributed by atoms with Gasteiger partial charge in [-0.05, 0) is 23.8 Å². The van der Waals surface area contributed by atoms with Gasteiger partial charge in [0, 0.05) is 22.7 Å². The Hall–Kier alpha value is -1.68. The SMILES string of the molecule is Nc1cc(CC(=O)c2ccccc2Br)ccn1. The number of hydrogen-bond acceptors (Lipinski definition) is 3. The van der Waals surface area contributed by atoms with E-state index in [0.717, 1.165) is 10.0 Å². The van der Waals surface area contributed by atoms with E-state index in [9.17, 15) is 4.79 Å². The summed E-state index contributed by atoms with van der Waals surface area (Å²) in [7, 11) is 0. The lowest BCUT2D eigenvalue weighted by atomic mass is 10.0. The number of halogens is 1. The van der Waals surface area contributed by atoms with Crippen LogP contribution in [0, 0.1) is 0 Å². The molecule has 17 heavy (non-hydrogen) atoms. The third kappa shape index (κ3) is 2.91. The Kier molecular flexibility index (Phi) is 3.54. The van der Waals surface area contributed by atoms with Crippen LogP contribution >= 0.6 is 15.9 Å². The third-order valence-corrected chi connectivity index (χ3v) is 3.08. The number of aromatic nitrogens is 1. The van der Waals surface area contributed by atoms with Crippen LogP contribution in [0.5, 0.6) is 0 Å². The molecule has 0 aliphatic heterocycles. The fourth-order valence-electron chi connectivity index (χ4n) is 1.57. The average Bonchev–Trinajstić information content (AvgIpc) is 2.29. The van der Waals surface area contributed by atoms with Gasteiger partial charge < -0.3 is 5.73 Å². The van der Waals surface area contributed by atoms with Gasteiger partial charge in [-0.15, -0.1) is 0 Å². The molecule has 2 aromatic rings. The number of ketones is 1. The van der Waals surface area contributed by atoms with Gasteiger partial charge in [0.1, 0.15) is 5.82 Å². The van der Waals surface area contributed by atoms with Crippen LogP contribution < -0.4 is 5.73 Å². The van der Waals surface area contributed by atoms with Crippen LogP contribution in [0.2, 0.25) is 0 Å². The van der Waals surface area contributed by atoms with Gasteiger partial charge in [-0.2, -0.15) is 0 Å². The molecular formula is C13H11BrN2O. The predicted molar refractivity (Wildman–Crippen MR) is 70.8 cm³/mol. The number of Topliss-reactive ketones (excluding diaryl/α,β-unsaturated/α-hetero) is 1. The van der Waals surface area contributed by atoms with Crippen molar-refractivity contribution >= 4 is 27.5 Å². The Morgan fingerprint density at radius 1 is 1.29 bits per heavy atom. The number of hydrogen-bond donors (Lipinski definition) is 1. The summed E-state index contributed by atoms with van der Waals surface area (Å²) >= 11 is 3.37. The van der Waals surface area contributed by atoms with Crippen molar-refractivity contribution in [3.05, 3.63) is 58.2 Å². The summed E-state index contributed by atoms with van der Waals surface area (Å²) in [6.07, 6.45) is 1.94. The molecule has 0 aliphatic carbocycles. The molecule has 3 nitrogen and oxygen atoms in total. The third-order valence-electron chi connectivity index (χ3n) is 2.38. The standard InChI is InChI=1S/C13H11BrN2O/c14-11-4-2-1-3-10(11)12(17)7-9-5-6-16-13(15)8-9/h1-6,8H,7H2,(H2,15,16). The van der Waals surface area contributed by atoms with Gasteiger partial charge in [0.25, 0.3) is 0 Å². The Bertz CT molecular complexity index is 555. The zero-order valence-corrected chi connectivity index (χ0v) is 10.6. The van der Waals surface area contributed by atoms with Crippen molar-refractivity contribution in [1.82, 2.24) is 4.98 Å². The monoisotopic (exact) mass is 290 g/mol. The number of rotatable bonds is 3. The molecule has 1 aromatic carbocycles. The highest BCUT2D eigenvalue weighted by Crippen LogP contribution is 2.18. The number of nitrogens with two attached hydrogens (primary N) is 1. The zero-order valence-electron chi connectivity index (χ0n) is 9.06. The van der Waals surface area contributed by atoms with E-state index in [2.05, 4.69) is 20.9 Å². The molecule has 1 aromatic heterocycles.